The Morgan fingerprint density at radius 2 is 1.67 bits per heavy atom. The van der Waals surface area contributed by atoms with Crippen LogP contribution >= 0.6 is 12.4 Å². The normalized spacial score (nSPS) is 10.7. The summed E-state index contributed by atoms with van der Waals surface area (Å²) >= 11 is 0. The summed E-state index contributed by atoms with van der Waals surface area (Å²) in [5.41, 5.74) is 6.87. The summed E-state index contributed by atoms with van der Waals surface area (Å²) in [7, 11) is 6.45. The van der Waals surface area contributed by atoms with Crippen molar-refractivity contribution in [1.29, 1.82) is 0 Å². The molecule has 0 unspecified atom stereocenters. The monoisotopic (exact) mass is 152 g/mol. The van der Waals surface area contributed by atoms with Crippen LogP contribution in [0.1, 0.15) is 6.42 Å². The molecule has 0 amide bonds. The van der Waals surface area contributed by atoms with E-state index in [2.05, 4.69) is 21.1 Å². The van der Waals surface area contributed by atoms with Gasteiger partial charge >= 0.3 is 0 Å². The Morgan fingerprint density at radius 3 is 1.78 bits per heavy atom. The van der Waals surface area contributed by atoms with Gasteiger partial charge in [0.1, 0.15) is 0 Å². The molecule has 1 N–H and O–H groups in total. The van der Waals surface area contributed by atoms with E-state index < -0.39 is 0 Å². The van der Waals surface area contributed by atoms with E-state index in [0.29, 0.717) is 6.54 Å². The molecule has 9 heavy (non-hydrogen) atoms. The Morgan fingerprint density at radius 1 is 1.22 bits per heavy atom. The van der Waals surface area contributed by atoms with Gasteiger partial charge in [0.25, 0.3) is 0 Å². The molecule has 0 aromatic heterocycles. The van der Waals surface area contributed by atoms with Gasteiger partial charge < -0.3 is 10.2 Å². The number of halogens is 1. The average molecular weight is 153 g/mol. The lowest BCUT2D eigenvalue weighted by molar-refractivity contribution is -0.870. The summed E-state index contributed by atoms with van der Waals surface area (Å²) in [5.74, 6) is 0. The van der Waals surface area contributed by atoms with E-state index in [9.17, 15) is 0 Å². The minimum absolute atomic E-state index is 0. The minimum Gasteiger partial charge on any atom is -0.677 e. The van der Waals surface area contributed by atoms with Gasteiger partial charge in [0.2, 0.25) is 0 Å². The second-order valence-electron chi connectivity index (χ2n) is 3.12. The van der Waals surface area contributed by atoms with E-state index in [-0.39, 0.29) is 12.4 Å². The topological polar surface area (TPSA) is 23.8 Å². The zero-order valence-corrected chi connectivity index (χ0v) is 7.29. The van der Waals surface area contributed by atoms with Gasteiger partial charge in [-0.05, 0) is 6.42 Å². The number of nitrogens with one attached hydrogen (secondary N) is 1. The van der Waals surface area contributed by atoms with Crippen LogP contribution in [-0.4, -0.2) is 38.7 Å². The van der Waals surface area contributed by atoms with Gasteiger partial charge in [0, 0.05) is 0 Å². The third kappa shape index (κ3) is 11.7. The van der Waals surface area contributed by atoms with Gasteiger partial charge in [-0.2, -0.15) is 0 Å². The third-order valence-corrected chi connectivity index (χ3v) is 1.01. The molecule has 0 aromatic carbocycles. The summed E-state index contributed by atoms with van der Waals surface area (Å²) in [5, 5.41) is 0. The zero-order chi connectivity index (χ0) is 6.62. The maximum Gasteiger partial charge on any atom is 0.0763 e. The molecule has 0 spiro atoms. The second kappa shape index (κ2) is 5.03. The van der Waals surface area contributed by atoms with Crippen LogP contribution in [0.4, 0.5) is 0 Å². The predicted molar refractivity (Wildman–Crippen MR) is 44.0 cm³/mol. The van der Waals surface area contributed by atoms with Crippen molar-refractivity contribution < 1.29 is 4.48 Å². The van der Waals surface area contributed by atoms with E-state index in [1.54, 1.807) is 0 Å². The Labute approximate surface area is 64.0 Å². The maximum atomic E-state index is 6.87. The largest absolute Gasteiger partial charge is 0.677 e. The smallest absolute Gasteiger partial charge is 0.0763 e. The van der Waals surface area contributed by atoms with Crippen molar-refractivity contribution in [2.75, 3.05) is 34.2 Å². The van der Waals surface area contributed by atoms with E-state index in [4.69, 9.17) is 5.73 Å². The molecule has 0 saturated heterocycles. The number of hydrogen-bond donors (Lipinski definition) is 0. The summed E-state index contributed by atoms with van der Waals surface area (Å²) in [6.45, 7) is 1.68. The van der Waals surface area contributed by atoms with Crippen LogP contribution in [-0.2, 0) is 0 Å². The molecule has 0 aliphatic rings. The fourth-order valence-corrected chi connectivity index (χ4v) is 0.553. The molecular formula is C6H17ClN2. The van der Waals surface area contributed by atoms with Crippen molar-refractivity contribution in [2.45, 2.75) is 6.42 Å². The van der Waals surface area contributed by atoms with Gasteiger partial charge in [0.05, 0.1) is 27.7 Å². The summed E-state index contributed by atoms with van der Waals surface area (Å²) in [6, 6.07) is 0. The highest BCUT2D eigenvalue weighted by molar-refractivity contribution is 5.85. The van der Waals surface area contributed by atoms with Crippen LogP contribution in [0, 0.1) is 0 Å². The first-order chi connectivity index (χ1) is 3.56. The van der Waals surface area contributed by atoms with Gasteiger partial charge in [0.15, 0.2) is 0 Å². The average Bonchev–Trinajstić information content (AvgIpc) is 1.59. The quantitative estimate of drug-likeness (QED) is 0.549. The molecule has 0 aliphatic carbocycles. The van der Waals surface area contributed by atoms with Crippen molar-refractivity contribution in [2.24, 2.45) is 0 Å². The van der Waals surface area contributed by atoms with Gasteiger partial charge in [-0.25, -0.2) is 0 Å². The standard InChI is InChI=1S/C6H16N2.ClH/c1-8(2,3)6-4-5-7;/h7H,4-6H2,1-3H3;1H. The molecule has 0 saturated carbocycles. The lowest BCUT2D eigenvalue weighted by Crippen LogP contribution is -2.35. The highest BCUT2D eigenvalue weighted by atomic mass is 35.5. The van der Waals surface area contributed by atoms with Gasteiger partial charge in [-0.1, -0.05) is 0 Å². The molecular weight excluding hydrogens is 136 g/mol. The van der Waals surface area contributed by atoms with Crippen LogP contribution in [0.3, 0.4) is 0 Å². The van der Waals surface area contributed by atoms with Crippen LogP contribution < -0.4 is 0 Å². The Bertz CT molecular complexity index is 58.6. The highest BCUT2D eigenvalue weighted by Gasteiger charge is 2.01. The van der Waals surface area contributed by atoms with Gasteiger partial charge in [-0.3, -0.25) is 0 Å². The molecule has 0 radical (unpaired) electrons. The molecule has 58 valence electrons. The van der Waals surface area contributed by atoms with Crippen molar-refractivity contribution in [3.8, 4) is 0 Å². The first kappa shape index (κ1) is 11.9. The molecule has 0 bridgehead atoms. The summed E-state index contributed by atoms with van der Waals surface area (Å²) in [4.78, 5) is 0. The SMILES string of the molecule is C[N+](C)(C)CCC[NH-].Cl. The second-order valence-corrected chi connectivity index (χ2v) is 3.12. The number of quaternary nitrogens is 1. The number of nitrogens with zero attached hydrogens (tertiary/aromatic N) is 1. The Kier molecular flexibility index (Phi) is 6.68. The lowest BCUT2D eigenvalue weighted by Gasteiger charge is -2.24. The third-order valence-electron chi connectivity index (χ3n) is 1.01. The molecule has 0 fully saturated rings. The van der Waals surface area contributed by atoms with E-state index in [0.717, 1.165) is 17.4 Å². The predicted octanol–water partition coefficient (Wildman–Crippen LogP) is 1.56. The van der Waals surface area contributed by atoms with E-state index >= 15 is 0 Å². The fraction of sp³-hybridized carbons (Fsp3) is 1.00. The summed E-state index contributed by atoms with van der Waals surface area (Å²) in [6.07, 6.45) is 1.02. The van der Waals surface area contributed by atoms with Crippen molar-refractivity contribution in [3.05, 3.63) is 5.73 Å². The van der Waals surface area contributed by atoms with E-state index in [1.165, 1.54) is 0 Å². The number of hydrogen-bond acceptors (Lipinski definition) is 0. The fourth-order valence-electron chi connectivity index (χ4n) is 0.553. The minimum atomic E-state index is 0. The first-order valence-corrected chi connectivity index (χ1v) is 3.01. The lowest BCUT2D eigenvalue weighted by atomic mass is 10.4. The Hall–Kier alpha value is 0.210. The Balaban J connectivity index is 0. The highest BCUT2D eigenvalue weighted by Crippen LogP contribution is 1.91. The zero-order valence-electron chi connectivity index (χ0n) is 6.48. The molecule has 0 rings (SSSR count). The van der Waals surface area contributed by atoms with Crippen LogP contribution in [0.5, 0.6) is 0 Å². The molecule has 0 aliphatic heterocycles. The number of rotatable bonds is 3. The van der Waals surface area contributed by atoms with E-state index in [1.807, 2.05) is 0 Å². The van der Waals surface area contributed by atoms with Crippen molar-refractivity contribution in [1.82, 2.24) is 0 Å². The van der Waals surface area contributed by atoms with Gasteiger partial charge in [-0.15, -0.1) is 19.0 Å². The van der Waals surface area contributed by atoms with Crippen molar-refractivity contribution in [3.63, 3.8) is 0 Å². The summed E-state index contributed by atoms with van der Waals surface area (Å²) < 4.78 is 0.985. The molecule has 0 heterocycles. The first-order valence-electron chi connectivity index (χ1n) is 3.01. The van der Waals surface area contributed by atoms with Crippen LogP contribution in [0.15, 0.2) is 0 Å². The van der Waals surface area contributed by atoms with Crippen LogP contribution in [0.2, 0.25) is 0 Å². The molecule has 0 atom stereocenters. The molecule has 3 heteroatoms. The molecule has 2 nitrogen and oxygen atoms in total. The van der Waals surface area contributed by atoms with Crippen molar-refractivity contribution >= 4 is 12.4 Å². The van der Waals surface area contributed by atoms with Crippen LogP contribution in [0.25, 0.3) is 5.73 Å². The molecule has 0 aromatic rings. The maximum absolute atomic E-state index is 6.87.